The number of ether oxygens (including phenoxy) is 1. The van der Waals surface area contributed by atoms with Crippen LogP contribution >= 0.6 is 0 Å². The first-order valence-corrected chi connectivity index (χ1v) is 8.84. The van der Waals surface area contributed by atoms with Gasteiger partial charge in [0.2, 0.25) is 5.43 Å². The van der Waals surface area contributed by atoms with Gasteiger partial charge in [0.25, 0.3) is 0 Å². The highest BCUT2D eigenvalue weighted by Crippen LogP contribution is 2.32. The van der Waals surface area contributed by atoms with E-state index in [1.807, 2.05) is 42.5 Å². The number of para-hydroxylation sites is 2. The molecule has 28 heavy (non-hydrogen) atoms. The Kier molecular flexibility index (Phi) is 4.68. The van der Waals surface area contributed by atoms with E-state index in [4.69, 9.17) is 9.15 Å². The Hall–Kier alpha value is -3.79. The van der Waals surface area contributed by atoms with Crippen molar-refractivity contribution in [3.63, 3.8) is 0 Å². The summed E-state index contributed by atoms with van der Waals surface area (Å²) in [5.41, 5.74) is 2.24. The molecule has 0 aliphatic heterocycles. The number of phenolic OH excluding ortho intramolecular Hbond substituents is 1. The maximum Gasteiger partial charge on any atom is 0.201 e. The molecule has 0 aliphatic rings. The first-order chi connectivity index (χ1) is 13.7. The summed E-state index contributed by atoms with van der Waals surface area (Å²) in [5, 5.41) is 10.8. The number of hydrogen-bond acceptors (Lipinski definition) is 4. The number of phenols is 1. The van der Waals surface area contributed by atoms with E-state index >= 15 is 0 Å². The molecule has 4 aromatic rings. The molecule has 1 aromatic heterocycles. The normalized spacial score (nSPS) is 11.2. The summed E-state index contributed by atoms with van der Waals surface area (Å²) in [6.45, 7) is 0. The molecule has 0 bridgehead atoms. The van der Waals surface area contributed by atoms with E-state index in [-0.39, 0.29) is 11.2 Å². The van der Waals surface area contributed by atoms with Crippen LogP contribution in [0.4, 0.5) is 0 Å². The Morgan fingerprint density at radius 1 is 0.893 bits per heavy atom. The van der Waals surface area contributed by atoms with E-state index in [0.717, 1.165) is 5.56 Å². The van der Waals surface area contributed by atoms with Crippen molar-refractivity contribution in [1.29, 1.82) is 0 Å². The molecule has 0 fully saturated rings. The first kappa shape index (κ1) is 17.6. The Labute approximate surface area is 162 Å². The molecule has 4 rings (SSSR count). The lowest BCUT2D eigenvalue weighted by Crippen LogP contribution is -2.07. The van der Waals surface area contributed by atoms with Gasteiger partial charge in [0.15, 0.2) is 11.5 Å². The second-order valence-electron chi connectivity index (χ2n) is 6.26. The number of hydrogen-bond donors (Lipinski definition) is 1. The fourth-order valence-corrected chi connectivity index (χ4v) is 3.16. The molecule has 4 heteroatoms. The van der Waals surface area contributed by atoms with Crippen LogP contribution in [0.2, 0.25) is 0 Å². The summed E-state index contributed by atoms with van der Waals surface area (Å²) in [5.74, 6) is 0.841. The van der Waals surface area contributed by atoms with Gasteiger partial charge in [-0.05, 0) is 35.9 Å². The van der Waals surface area contributed by atoms with Crippen molar-refractivity contribution in [2.45, 2.75) is 0 Å². The van der Waals surface area contributed by atoms with E-state index in [9.17, 15) is 9.90 Å². The van der Waals surface area contributed by atoms with Crippen LogP contribution < -0.4 is 10.2 Å². The van der Waals surface area contributed by atoms with Gasteiger partial charge in [0, 0.05) is 5.56 Å². The summed E-state index contributed by atoms with van der Waals surface area (Å²) in [6, 6.07) is 21.8. The minimum Gasteiger partial charge on any atom is -0.504 e. The first-order valence-electron chi connectivity index (χ1n) is 8.84. The van der Waals surface area contributed by atoms with Crippen LogP contribution in [0.25, 0.3) is 34.2 Å². The van der Waals surface area contributed by atoms with Gasteiger partial charge in [-0.1, -0.05) is 54.6 Å². The summed E-state index contributed by atoms with van der Waals surface area (Å²) in [7, 11) is 1.50. The maximum atomic E-state index is 13.2. The minimum atomic E-state index is -0.0948. The molecule has 138 valence electrons. The predicted molar refractivity (Wildman–Crippen MR) is 112 cm³/mol. The molecule has 0 amide bonds. The SMILES string of the molecule is COc1cccc(C=Cc2oc3ccccc3c(=O)c2-c2ccccc2)c1O. The van der Waals surface area contributed by atoms with Crippen molar-refractivity contribution in [3.8, 4) is 22.6 Å². The van der Waals surface area contributed by atoms with Gasteiger partial charge in [-0.15, -0.1) is 0 Å². The van der Waals surface area contributed by atoms with Crippen molar-refractivity contribution < 1.29 is 14.3 Å². The quantitative estimate of drug-likeness (QED) is 0.526. The van der Waals surface area contributed by atoms with E-state index < -0.39 is 0 Å². The number of methoxy groups -OCH3 is 1. The lowest BCUT2D eigenvalue weighted by molar-refractivity contribution is 0.373. The second-order valence-corrected chi connectivity index (χ2v) is 6.26. The fourth-order valence-electron chi connectivity index (χ4n) is 3.16. The van der Waals surface area contributed by atoms with Gasteiger partial charge in [-0.3, -0.25) is 4.79 Å². The Bertz CT molecular complexity index is 1220. The van der Waals surface area contributed by atoms with E-state index in [2.05, 4.69) is 0 Å². The highest BCUT2D eigenvalue weighted by molar-refractivity contribution is 5.87. The van der Waals surface area contributed by atoms with Crippen LogP contribution in [0.15, 0.2) is 82.0 Å². The zero-order chi connectivity index (χ0) is 19.5. The number of benzene rings is 3. The average molecular weight is 370 g/mol. The van der Waals surface area contributed by atoms with E-state index in [1.165, 1.54) is 7.11 Å². The molecule has 0 saturated carbocycles. The summed E-state index contributed by atoms with van der Waals surface area (Å²) in [4.78, 5) is 13.2. The van der Waals surface area contributed by atoms with Crippen LogP contribution in [0.3, 0.4) is 0 Å². The topological polar surface area (TPSA) is 59.7 Å². The zero-order valence-electron chi connectivity index (χ0n) is 15.3. The molecule has 0 atom stereocenters. The monoisotopic (exact) mass is 370 g/mol. The highest BCUT2D eigenvalue weighted by atomic mass is 16.5. The third-order valence-electron chi connectivity index (χ3n) is 4.55. The van der Waals surface area contributed by atoms with Crippen LogP contribution in [0.5, 0.6) is 11.5 Å². The third-order valence-corrected chi connectivity index (χ3v) is 4.55. The van der Waals surface area contributed by atoms with Crippen molar-refractivity contribution in [2.24, 2.45) is 0 Å². The maximum absolute atomic E-state index is 13.2. The molecule has 1 heterocycles. The molecule has 3 aromatic carbocycles. The summed E-state index contributed by atoms with van der Waals surface area (Å²) < 4.78 is 11.2. The number of rotatable bonds is 4. The summed E-state index contributed by atoms with van der Waals surface area (Å²) >= 11 is 0. The lowest BCUT2D eigenvalue weighted by atomic mass is 10.0. The minimum absolute atomic E-state index is 0.0330. The largest absolute Gasteiger partial charge is 0.504 e. The third kappa shape index (κ3) is 3.16. The molecular formula is C24H18O4. The second kappa shape index (κ2) is 7.45. The molecule has 4 nitrogen and oxygen atoms in total. The molecular weight excluding hydrogens is 352 g/mol. The van der Waals surface area contributed by atoms with Crippen LogP contribution in [-0.4, -0.2) is 12.2 Å². The molecule has 1 N–H and O–H groups in total. The van der Waals surface area contributed by atoms with Crippen LogP contribution in [-0.2, 0) is 0 Å². The van der Waals surface area contributed by atoms with Gasteiger partial charge in [0.05, 0.1) is 18.1 Å². The molecule has 0 radical (unpaired) electrons. The van der Waals surface area contributed by atoms with E-state index in [0.29, 0.717) is 33.6 Å². The van der Waals surface area contributed by atoms with Gasteiger partial charge in [0.1, 0.15) is 11.3 Å². The zero-order valence-corrected chi connectivity index (χ0v) is 15.3. The van der Waals surface area contributed by atoms with Crippen LogP contribution in [0, 0.1) is 0 Å². The van der Waals surface area contributed by atoms with Crippen molar-refractivity contribution in [1.82, 2.24) is 0 Å². The van der Waals surface area contributed by atoms with Crippen molar-refractivity contribution >= 4 is 23.1 Å². The Morgan fingerprint density at radius 2 is 1.64 bits per heavy atom. The standard InChI is InChI=1S/C24H18O4/c1-27-21-13-7-10-17(23(21)25)14-15-20-22(16-8-3-2-4-9-16)24(26)18-11-5-6-12-19(18)28-20/h2-15,25H,1H3. The predicted octanol–water partition coefficient (Wildman–Crippen LogP) is 5.34. The average Bonchev–Trinajstić information content (AvgIpc) is 2.74. The Morgan fingerprint density at radius 3 is 2.43 bits per heavy atom. The Balaban J connectivity index is 1.92. The smallest absolute Gasteiger partial charge is 0.201 e. The fraction of sp³-hybridized carbons (Fsp3) is 0.0417. The van der Waals surface area contributed by atoms with Crippen molar-refractivity contribution in [2.75, 3.05) is 7.11 Å². The molecule has 0 unspecified atom stereocenters. The molecule has 0 spiro atoms. The molecule has 0 aliphatic carbocycles. The van der Waals surface area contributed by atoms with Gasteiger partial charge in [-0.2, -0.15) is 0 Å². The molecule has 0 saturated heterocycles. The number of aromatic hydroxyl groups is 1. The highest BCUT2D eigenvalue weighted by Gasteiger charge is 2.14. The summed E-state index contributed by atoms with van der Waals surface area (Å²) in [6.07, 6.45) is 3.40. The van der Waals surface area contributed by atoms with Gasteiger partial charge < -0.3 is 14.3 Å². The van der Waals surface area contributed by atoms with Gasteiger partial charge in [-0.25, -0.2) is 0 Å². The van der Waals surface area contributed by atoms with Crippen LogP contribution in [0.1, 0.15) is 11.3 Å². The van der Waals surface area contributed by atoms with Gasteiger partial charge >= 0.3 is 0 Å². The number of fused-ring (bicyclic) bond motifs is 1. The van der Waals surface area contributed by atoms with Crippen molar-refractivity contribution in [3.05, 3.63) is 94.3 Å². The lowest BCUT2D eigenvalue weighted by Gasteiger charge is -2.08. The van der Waals surface area contributed by atoms with E-state index in [1.54, 1.807) is 42.5 Å².